The highest BCUT2D eigenvalue weighted by atomic mass is 16.4. The molecule has 2 saturated heterocycles. The van der Waals surface area contributed by atoms with E-state index < -0.39 is 5.97 Å². The maximum atomic E-state index is 12.6. The van der Waals surface area contributed by atoms with Crippen LogP contribution in [0.4, 0.5) is 23.1 Å². The summed E-state index contributed by atoms with van der Waals surface area (Å²) in [6.07, 6.45) is 2.78. The van der Waals surface area contributed by atoms with Gasteiger partial charge >= 0.3 is 5.97 Å². The number of H-pyrrole nitrogens is 1. The molecule has 36 heavy (non-hydrogen) atoms. The van der Waals surface area contributed by atoms with Crippen molar-refractivity contribution >= 4 is 40.0 Å². The molecule has 0 bridgehead atoms. The van der Waals surface area contributed by atoms with Crippen LogP contribution in [0, 0.1) is 17.2 Å². The lowest BCUT2D eigenvalue weighted by molar-refractivity contribution is -0.142. The number of carboxylic acid groups (broad SMARTS) is 1. The number of carbonyl (C=O) groups is 1. The highest BCUT2D eigenvalue weighted by Crippen LogP contribution is 2.28. The summed E-state index contributed by atoms with van der Waals surface area (Å²) in [6.45, 7) is 4.62. The standard InChI is InChI=1S/C24H27N9O3/c25-7-10-31-11-13-33(14-12-31)24-28-19-15-26-30-22(34)20(19)21(29-24)27-17-1-3-18(4-2-17)32-8-5-16(6-9-32)23(35)36/h1-4,15-16H,5-6,8-14H2,(H,30,34)(H,35,36)(H,27,28,29). The van der Waals surface area contributed by atoms with Crippen LogP contribution < -0.4 is 20.7 Å². The average Bonchev–Trinajstić information content (AvgIpc) is 2.90. The molecule has 0 amide bonds. The molecule has 2 aromatic heterocycles. The van der Waals surface area contributed by atoms with Crippen molar-refractivity contribution in [3.05, 3.63) is 40.8 Å². The summed E-state index contributed by atoms with van der Waals surface area (Å²) in [5, 5.41) is 28.1. The minimum Gasteiger partial charge on any atom is -0.481 e. The van der Waals surface area contributed by atoms with Gasteiger partial charge in [0.1, 0.15) is 16.7 Å². The van der Waals surface area contributed by atoms with Crippen molar-refractivity contribution in [3.8, 4) is 6.07 Å². The highest BCUT2D eigenvalue weighted by Gasteiger charge is 2.25. The van der Waals surface area contributed by atoms with Gasteiger partial charge in [0.25, 0.3) is 5.56 Å². The fourth-order valence-electron chi connectivity index (χ4n) is 4.71. The molecule has 3 aromatic rings. The summed E-state index contributed by atoms with van der Waals surface area (Å²) >= 11 is 0. The molecule has 0 saturated carbocycles. The SMILES string of the molecule is N#CCN1CCN(c2nc(Nc3ccc(N4CCC(C(=O)O)CC4)cc3)c3c(=O)[nH]ncc3n2)CC1. The number of benzene rings is 1. The third-order valence-corrected chi connectivity index (χ3v) is 6.79. The number of rotatable bonds is 6. The van der Waals surface area contributed by atoms with Crippen molar-refractivity contribution in [2.24, 2.45) is 5.92 Å². The average molecular weight is 490 g/mol. The Morgan fingerprint density at radius 3 is 2.47 bits per heavy atom. The molecule has 0 radical (unpaired) electrons. The number of fused-ring (bicyclic) bond motifs is 1. The molecule has 2 aliphatic heterocycles. The number of nitrogens with one attached hydrogen (secondary N) is 2. The van der Waals surface area contributed by atoms with Crippen molar-refractivity contribution in [2.45, 2.75) is 12.8 Å². The molecule has 2 fully saturated rings. The van der Waals surface area contributed by atoms with Crippen LogP contribution in [-0.2, 0) is 4.79 Å². The Morgan fingerprint density at radius 1 is 1.08 bits per heavy atom. The van der Waals surface area contributed by atoms with Crippen LogP contribution in [0.15, 0.2) is 35.3 Å². The second kappa shape index (κ2) is 10.2. The Labute approximate surface area is 207 Å². The molecule has 12 heteroatoms. The fourth-order valence-corrected chi connectivity index (χ4v) is 4.71. The van der Waals surface area contributed by atoms with E-state index in [-0.39, 0.29) is 11.5 Å². The first-order valence-electron chi connectivity index (χ1n) is 12.0. The van der Waals surface area contributed by atoms with E-state index >= 15 is 0 Å². The normalized spacial score (nSPS) is 17.2. The van der Waals surface area contributed by atoms with Gasteiger partial charge in [-0.15, -0.1) is 0 Å². The van der Waals surface area contributed by atoms with Gasteiger partial charge in [0.05, 0.1) is 24.7 Å². The molecule has 0 aliphatic carbocycles. The second-order valence-corrected chi connectivity index (χ2v) is 9.02. The van der Waals surface area contributed by atoms with E-state index in [0.29, 0.717) is 68.2 Å². The van der Waals surface area contributed by atoms with Crippen molar-refractivity contribution in [2.75, 3.05) is 60.9 Å². The number of aromatic amines is 1. The summed E-state index contributed by atoms with van der Waals surface area (Å²) < 4.78 is 0. The highest BCUT2D eigenvalue weighted by molar-refractivity contribution is 5.90. The molecule has 0 spiro atoms. The maximum absolute atomic E-state index is 12.6. The third kappa shape index (κ3) is 4.92. The number of piperidine rings is 1. The third-order valence-electron chi connectivity index (χ3n) is 6.79. The van der Waals surface area contributed by atoms with Gasteiger partial charge in [0.2, 0.25) is 5.95 Å². The molecule has 4 heterocycles. The molecule has 2 aliphatic rings. The first kappa shape index (κ1) is 23.5. The van der Waals surface area contributed by atoms with Crippen LogP contribution >= 0.6 is 0 Å². The minimum absolute atomic E-state index is 0.274. The first-order chi connectivity index (χ1) is 17.5. The Morgan fingerprint density at radius 2 is 1.81 bits per heavy atom. The Kier molecular flexibility index (Phi) is 6.64. The van der Waals surface area contributed by atoms with E-state index in [1.54, 1.807) is 0 Å². The topological polar surface area (TPSA) is 154 Å². The van der Waals surface area contributed by atoms with Gasteiger partial charge in [-0.1, -0.05) is 0 Å². The van der Waals surface area contributed by atoms with Crippen LogP contribution in [-0.4, -0.2) is 82.0 Å². The van der Waals surface area contributed by atoms with Crippen molar-refractivity contribution in [1.29, 1.82) is 5.26 Å². The second-order valence-electron chi connectivity index (χ2n) is 9.02. The quantitative estimate of drug-likeness (QED) is 0.430. The number of piperazine rings is 1. The number of anilines is 4. The summed E-state index contributed by atoms with van der Waals surface area (Å²) in [4.78, 5) is 39.4. The van der Waals surface area contributed by atoms with Crippen molar-refractivity contribution in [1.82, 2.24) is 25.1 Å². The summed E-state index contributed by atoms with van der Waals surface area (Å²) in [5.74, 6) is -0.0933. The molecular weight excluding hydrogens is 462 g/mol. The summed E-state index contributed by atoms with van der Waals surface area (Å²) in [7, 11) is 0. The number of aromatic nitrogens is 4. The maximum Gasteiger partial charge on any atom is 0.306 e. The summed E-state index contributed by atoms with van der Waals surface area (Å²) in [5.41, 5.74) is 1.86. The Balaban J connectivity index is 1.36. The zero-order chi connectivity index (χ0) is 25.1. The predicted octanol–water partition coefficient (Wildman–Crippen LogP) is 1.40. The molecule has 0 atom stereocenters. The largest absolute Gasteiger partial charge is 0.481 e. The number of hydrogen-bond donors (Lipinski definition) is 3. The smallest absolute Gasteiger partial charge is 0.306 e. The van der Waals surface area contributed by atoms with E-state index in [0.717, 1.165) is 24.5 Å². The molecule has 186 valence electrons. The van der Waals surface area contributed by atoms with Crippen LogP contribution in [0.25, 0.3) is 10.9 Å². The van der Waals surface area contributed by atoms with E-state index in [9.17, 15) is 14.7 Å². The number of aliphatic carboxylic acids is 1. The Hall–Kier alpha value is -4.24. The van der Waals surface area contributed by atoms with E-state index in [4.69, 9.17) is 10.2 Å². The van der Waals surface area contributed by atoms with Crippen LogP contribution in [0.1, 0.15) is 12.8 Å². The van der Waals surface area contributed by atoms with E-state index in [1.165, 1.54) is 6.20 Å². The van der Waals surface area contributed by atoms with Gasteiger partial charge in [0, 0.05) is 50.6 Å². The minimum atomic E-state index is -0.722. The van der Waals surface area contributed by atoms with Gasteiger partial charge in [-0.2, -0.15) is 15.3 Å². The number of nitrogens with zero attached hydrogens (tertiary/aromatic N) is 7. The molecular formula is C24H27N9O3. The molecule has 12 nitrogen and oxygen atoms in total. The van der Waals surface area contributed by atoms with Gasteiger partial charge in [-0.25, -0.2) is 10.1 Å². The Bertz CT molecular complexity index is 1340. The van der Waals surface area contributed by atoms with E-state index in [2.05, 4.69) is 36.4 Å². The van der Waals surface area contributed by atoms with Crippen LogP contribution in [0.2, 0.25) is 0 Å². The number of nitriles is 1. The fraction of sp³-hybridized carbons (Fsp3) is 0.417. The van der Waals surface area contributed by atoms with Gasteiger partial charge < -0.3 is 20.2 Å². The van der Waals surface area contributed by atoms with Crippen LogP contribution in [0.5, 0.6) is 0 Å². The van der Waals surface area contributed by atoms with Crippen molar-refractivity contribution < 1.29 is 9.90 Å². The molecule has 0 unspecified atom stereocenters. The van der Waals surface area contributed by atoms with Gasteiger partial charge in [0.15, 0.2) is 0 Å². The lowest BCUT2D eigenvalue weighted by Crippen LogP contribution is -2.47. The van der Waals surface area contributed by atoms with Gasteiger partial charge in [-0.05, 0) is 37.1 Å². The number of carboxylic acids is 1. The predicted molar refractivity (Wildman–Crippen MR) is 135 cm³/mol. The zero-order valence-corrected chi connectivity index (χ0v) is 19.7. The monoisotopic (exact) mass is 489 g/mol. The van der Waals surface area contributed by atoms with Crippen molar-refractivity contribution in [3.63, 3.8) is 0 Å². The van der Waals surface area contributed by atoms with Crippen LogP contribution in [0.3, 0.4) is 0 Å². The molecule has 5 rings (SSSR count). The lowest BCUT2D eigenvalue weighted by atomic mass is 9.97. The summed E-state index contributed by atoms with van der Waals surface area (Å²) in [6, 6.07) is 9.98. The first-order valence-corrected chi connectivity index (χ1v) is 12.0. The molecule has 1 aromatic carbocycles. The molecule has 3 N–H and O–H groups in total. The zero-order valence-electron chi connectivity index (χ0n) is 19.7. The number of hydrogen-bond acceptors (Lipinski definition) is 10. The lowest BCUT2D eigenvalue weighted by Gasteiger charge is -2.33. The van der Waals surface area contributed by atoms with E-state index in [1.807, 2.05) is 29.2 Å². The van der Waals surface area contributed by atoms with Gasteiger partial charge in [-0.3, -0.25) is 14.5 Å².